The molecule has 2 aromatic rings. The summed E-state index contributed by atoms with van der Waals surface area (Å²) >= 11 is 1.04. The number of hydrogen-bond acceptors (Lipinski definition) is 4. The summed E-state index contributed by atoms with van der Waals surface area (Å²) in [6.45, 7) is 7.92. The summed E-state index contributed by atoms with van der Waals surface area (Å²) < 4.78 is 40.7. The molecule has 0 unspecified atom stereocenters. The second-order valence-corrected chi connectivity index (χ2v) is 10.2. The summed E-state index contributed by atoms with van der Waals surface area (Å²) in [6, 6.07) is 8.61. The molecule has 38 heavy (non-hydrogen) atoms. The SMILES string of the molecule is CCCCN(CCCC)CCNC(=O)c1cccc(NC(=O)N2CCc3cc(SC)c(C(F)(F)F)cc32)c1. The second-order valence-electron chi connectivity index (χ2n) is 9.40. The summed E-state index contributed by atoms with van der Waals surface area (Å²) in [7, 11) is 0. The minimum atomic E-state index is -4.51. The molecule has 2 N–H and O–H groups in total. The number of alkyl halides is 3. The predicted octanol–water partition coefficient (Wildman–Crippen LogP) is 6.65. The van der Waals surface area contributed by atoms with Gasteiger partial charge in [0, 0.05) is 41.5 Å². The molecule has 208 valence electrons. The van der Waals surface area contributed by atoms with E-state index in [1.807, 2.05) is 0 Å². The van der Waals surface area contributed by atoms with Crippen molar-refractivity contribution >= 4 is 35.1 Å². The summed E-state index contributed by atoms with van der Waals surface area (Å²) in [5, 5.41) is 5.69. The van der Waals surface area contributed by atoms with Crippen LogP contribution < -0.4 is 15.5 Å². The van der Waals surface area contributed by atoms with E-state index in [4.69, 9.17) is 0 Å². The molecule has 3 rings (SSSR count). The summed E-state index contributed by atoms with van der Waals surface area (Å²) in [5.41, 5.74) is 1.03. The molecule has 3 amide bonds. The molecule has 0 aromatic heterocycles. The van der Waals surface area contributed by atoms with Gasteiger partial charge in [-0.25, -0.2) is 4.79 Å². The Morgan fingerprint density at radius 3 is 2.39 bits per heavy atom. The van der Waals surface area contributed by atoms with Crippen molar-refractivity contribution in [3.63, 3.8) is 0 Å². The van der Waals surface area contributed by atoms with Crippen molar-refractivity contribution in [2.75, 3.05) is 49.2 Å². The minimum Gasteiger partial charge on any atom is -0.351 e. The average molecular weight is 551 g/mol. The highest BCUT2D eigenvalue weighted by Crippen LogP contribution is 2.42. The molecule has 0 saturated heterocycles. The highest BCUT2D eigenvalue weighted by atomic mass is 32.2. The fourth-order valence-electron chi connectivity index (χ4n) is 4.47. The molecular weight excluding hydrogens is 513 g/mol. The Kier molecular flexibility index (Phi) is 10.9. The van der Waals surface area contributed by atoms with Gasteiger partial charge in [0.25, 0.3) is 5.91 Å². The second kappa shape index (κ2) is 13.9. The van der Waals surface area contributed by atoms with Crippen molar-refractivity contribution in [2.45, 2.75) is 57.0 Å². The Balaban J connectivity index is 1.63. The summed E-state index contributed by atoms with van der Waals surface area (Å²) in [5.74, 6) is -0.238. The van der Waals surface area contributed by atoms with Crippen LogP contribution in [0.1, 0.15) is 61.0 Å². The van der Waals surface area contributed by atoms with Gasteiger partial charge in [0.15, 0.2) is 0 Å². The highest BCUT2D eigenvalue weighted by Gasteiger charge is 2.36. The van der Waals surface area contributed by atoms with Crippen LogP contribution >= 0.6 is 11.8 Å². The Bertz CT molecular complexity index is 1100. The van der Waals surface area contributed by atoms with Gasteiger partial charge in [-0.15, -0.1) is 11.8 Å². The molecule has 0 atom stereocenters. The number of nitrogens with one attached hydrogen (secondary N) is 2. The van der Waals surface area contributed by atoms with Crippen LogP contribution in [0.15, 0.2) is 41.3 Å². The molecular formula is C28H37F3N4O2S. The Hall–Kier alpha value is -2.72. The van der Waals surface area contributed by atoms with Crippen molar-refractivity contribution in [2.24, 2.45) is 0 Å². The van der Waals surface area contributed by atoms with E-state index < -0.39 is 17.8 Å². The lowest BCUT2D eigenvalue weighted by molar-refractivity contribution is -0.139. The van der Waals surface area contributed by atoms with Gasteiger partial charge >= 0.3 is 12.2 Å². The number of urea groups is 1. The van der Waals surface area contributed by atoms with Gasteiger partial charge in [-0.2, -0.15) is 13.2 Å². The Morgan fingerprint density at radius 2 is 1.76 bits per heavy atom. The number of hydrogen-bond donors (Lipinski definition) is 2. The fraction of sp³-hybridized carbons (Fsp3) is 0.500. The average Bonchev–Trinajstić information content (AvgIpc) is 3.32. The van der Waals surface area contributed by atoms with Gasteiger partial charge in [0.2, 0.25) is 0 Å². The van der Waals surface area contributed by atoms with Crippen LogP contribution in [0.5, 0.6) is 0 Å². The number of carbonyl (C=O) groups is 2. The van der Waals surface area contributed by atoms with E-state index in [0.29, 0.717) is 29.8 Å². The number of halogens is 3. The first kappa shape index (κ1) is 29.8. The van der Waals surface area contributed by atoms with E-state index in [0.717, 1.165) is 63.1 Å². The van der Waals surface area contributed by atoms with E-state index in [1.54, 1.807) is 30.5 Å². The normalized spacial score (nSPS) is 13.1. The first-order valence-electron chi connectivity index (χ1n) is 13.1. The van der Waals surface area contributed by atoms with Crippen molar-refractivity contribution in [1.82, 2.24) is 10.2 Å². The van der Waals surface area contributed by atoms with E-state index in [-0.39, 0.29) is 23.0 Å². The quantitative estimate of drug-likeness (QED) is 0.290. The molecule has 6 nitrogen and oxygen atoms in total. The number of anilines is 2. The van der Waals surface area contributed by atoms with E-state index in [2.05, 4.69) is 29.4 Å². The van der Waals surface area contributed by atoms with Gasteiger partial charge in [0.05, 0.1) is 5.56 Å². The number of amides is 3. The van der Waals surface area contributed by atoms with Gasteiger partial charge in [-0.05, 0) is 74.5 Å². The lowest BCUT2D eigenvalue weighted by atomic mass is 10.1. The van der Waals surface area contributed by atoms with Gasteiger partial charge in [-0.1, -0.05) is 32.8 Å². The number of unbranched alkanes of at least 4 members (excludes halogenated alkanes) is 2. The van der Waals surface area contributed by atoms with E-state index in [9.17, 15) is 22.8 Å². The van der Waals surface area contributed by atoms with Gasteiger partial charge in [-0.3, -0.25) is 9.69 Å². The smallest absolute Gasteiger partial charge is 0.351 e. The molecule has 0 radical (unpaired) electrons. The number of carbonyl (C=O) groups excluding carboxylic acids is 2. The Labute approximate surface area is 227 Å². The molecule has 0 aliphatic carbocycles. The molecule has 0 fully saturated rings. The van der Waals surface area contributed by atoms with Crippen molar-refractivity contribution in [1.29, 1.82) is 0 Å². The van der Waals surface area contributed by atoms with Crippen LogP contribution in [0.3, 0.4) is 0 Å². The van der Waals surface area contributed by atoms with Crippen LogP contribution in [0.4, 0.5) is 29.3 Å². The van der Waals surface area contributed by atoms with Crippen LogP contribution in [0, 0.1) is 0 Å². The zero-order valence-corrected chi connectivity index (χ0v) is 23.1. The zero-order valence-electron chi connectivity index (χ0n) is 22.3. The maximum Gasteiger partial charge on any atom is 0.417 e. The van der Waals surface area contributed by atoms with Gasteiger partial charge in [0.1, 0.15) is 0 Å². The molecule has 0 spiro atoms. The first-order valence-corrected chi connectivity index (χ1v) is 14.4. The van der Waals surface area contributed by atoms with Gasteiger partial charge < -0.3 is 15.5 Å². The number of nitrogens with zero attached hydrogens (tertiary/aromatic N) is 2. The fourth-order valence-corrected chi connectivity index (χ4v) is 5.13. The predicted molar refractivity (Wildman–Crippen MR) is 148 cm³/mol. The highest BCUT2D eigenvalue weighted by molar-refractivity contribution is 7.98. The summed E-state index contributed by atoms with van der Waals surface area (Å²) in [6.07, 6.45) is 2.06. The molecule has 0 bridgehead atoms. The van der Waals surface area contributed by atoms with Crippen molar-refractivity contribution in [3.05, 3.63) is 53.1 Å². The lowest BCUT2D eigenvalue weighted by Gasteiger charge is -2.22. The van der Waals surface area contributed by atoms with Crippen molar-refractivity contribution < 1.29 is 22.8 Å². The Morgan fingerprint density at radius 1 is 1.05 bits per heavy atom. The van der Waals surface area contributed by atoms with Crippen LogP contribution in [0.2, 0.25) is 0 Å². The number of fused-ring (bicyclic) bond motifs is 1. The summed E-state index contributed by atoms with van der Waals surface area (Å²) in [4.78, 5) is 29.6. The number of rotatable bonds is 12. The zero-order chi connectivity index (χ0) is 27.7. The molecule has 1 heterocycles. The van der Waals surface area contributed by atoms with Crippen LogP contribution in [-0.4, -0.2) is 55.8 Å². The molecule has 1 aliphatic rings. The minimum absolute atomic E-state index is 0.149. The molecule has 10 heteroatoms. The lowest BCUT2D eigenvalue weighted by Crippen LogP contribution is -2.36. The molecule has 0 saturated carbocycles. The van der Waals surface area contributed by atoms with E-state index in [1.165, 1.54) is 11.0 Å². The number of thioether (sulfide) groups is 1. The third-order valence-corrected chi connectivity index (χ3v) is 7.37. The standard InChI is InChI=1S/C28H37F3N4O2S/c1-4-6-13-34(14-7-5-2)16-12-32-26(36)21-9-8-10-22(17-21)33-27(37)35-15-11-20-18-25(38-3)23(19-24(20)35)28(29,30)31/h8-10,17-19H,4-7,11-16H2,1-3H3,(H,32,36)(H,33,37). The topological polar surface area (TPSA) is 64.7 Å². The van der Waals surface area contributed by atoms with Crippen molar-refractivity contribution in [3.8, 4) is 0 Å². The first-order chi connectivity index (χ1) is 18.2. The maximum absolute atomic E-state index is 13.6. The largest absolute Gasteiger partial charge is 0.417 e. The molecule has 1 aliphatic heterocycles. The molecule has 2 aromatic carbocycles. The van der Waals surface area contributed by atoms with Crippen LogP contribution in [-0.2, 0) is 12.6 Å². The van der Waals surface area contributed by atoms with E-state index >= 15 is 0 Å². The third kappa shape index (κ3) is 7.89. The van der Waals surface area contributed by atoms with Crippen LogP contribution in [0.25, 0.3) is 0 Å². The monoisotopic (exact) mass is 550 g/mol. The third-order valence-electron chi connectivity index (χ3n) is 6.59. The maximum atomic E-state index is 13.6. The number of benzene rings is 2.